The highest BCUT2D eigenvalue weighted by Crippen LogP contribution is 2.37. The fourth-order valence-corrected chi connectivity index (χ4v) is 2.27. The molecule has 0 aliphatic carbocycles. The molecule has 0 bridgehead atoms. The normalized spacial score (nSPS) is 12.4. The van der Waals surface area contributed by atoms with E-state index in [1.807, 2.05) is 5.32 Å². The van der Waals surface area contributed by atoms with Crippen LogP contribution < -0.4 is 5.32 Å². The summed E-state index contributed by atoms with van der Waals surface area (Å²) < 4.78 is 49.2. The van der Waals surface area contributed by atoms with Crippen LogP contribution >= 0.6 is 0 Å². The van der Waals surface area contributed by atoms with Gasteiger partial charge in [-0.15, -0.1) is 0 Å². The van der Waals surface area contributed by atoms with E-state index in [9.17, 15) is 32.9 Å². The number of halogens is 3. The fraction of sp³-hybridized carbons (Fsp3) is 0.312. The van der Waals surface area contributed by atoms with Crippen LogP contribution in [0.3, 0.4) is 0 Å². The summed E-state index contributed by atoms with van der Waals surface area (Å²) in [6.07, 6.45) is -6.41. The number of carbonyl (C=O) groups excluding carboxylic acids is 2. The molecule has 0 radical (unpaired) electrons. The highest BCUT2D eigenvalue weighted by Gasteiger charge is 2.36. The number of benzene rings is 1. The number of aryl methyl sites for hydroxylation is 2. The lowest BCUT2D eigenvalue weighted by atomic mass is 10.1. The number of esters is 1. The van der Waals surface area contributed by atoms with Gasteiger partial charge in [-0.2, -0.15) is 13.2 Å². The molecule has 1 heterocycles. The molecule has 0 fully saturated rings. The van der Waals surface area contributed by atoms with Crippen molar-refractivity contribution in [2.24, 2.45) is 0 Å². The van der Waals surface area contributed by atoms with E-state index in [2.05, 4.69) is 5.16 Å². The Morgan fingerprint density at radius 2 is 1.96 bits per heavy atom. The van der Waals surface area contributed by atoms with Gasteiger partial charge in [0.1, 0.15) is 11.3 Å². The van der Waals surface area contributed by atoms with Crippen molar-refractivity contribution < 1.29 is 36.9 Å². The fourth-order valence-electron chi connectivity index (χ4n) is 2.27. The Bertz CT molecular complexity index is 919. The van der Waals surface area contributed by atoms with Gasteiger partial charge in [0.15, 0.2) is 6.10 Å². The van der Waals surface area contributed by atoms with Crippen molar-refractivity contribution in [3.63, 3.8) is 0 Å². The summed E-state index contributed by atoms with van der Waals surface area (Å²) in [5, 5.41) is 16.2. The summed E-state index contributed by atoms with van der Waals surface area (Å²) in [5.41, 5.74) is -2.67. The molecule has 1 aromatic carbocycles. The molecule has 1 amide bonds. The van der Waals surface area contributed by atoms with E-state index in [1.165, 1.54) is 13.8 Å². The van der Waals surface area contributed by atoms with Crippen molar-refractivity contribution in [1.82, 2.24) is 5.16 Å². The lowest BCUT2D eigenvalue weighted by Crippen LogP contribution is -2.31. The molecule has 28 heavy (non-hydrogen) atoms. The molecular formula is C16H14F3N3O6. The summed E-state index contributed by atoms with van der Waals surface area (Å²) in [5.74, 6) is -1.83. The molecule has 1 atom stereocenters. The van der Waals surface area contributed by atoms with Crippen molar-refractivity contribution in [3.05, 3.63) is 50.9 Å². The Balaban J connectivity index is 2.20. The van der Waals surface area contributed by atoms with Crippen LogP contribution in [0.15, 0.2) is 22.7 Å². The average molecular weight is 401 g/mol. The maximum atomic E-state index is 13.2. The molecule has 12 heteroatoms. The van der Waals surface area contributed by atoms with Crippen LogP contribution in [0.5, 0.6) is 0 Å². The summed E-state index contributed by atoms with van der Waals surface area (Å²) in [7, 11) is 0. The summed E-state index contributed by atoms with van der Waals surface area (Å²) in [4.78, 5) is 34.0. The van der Waals surface area contributed by atoms with Crippen LogP contribution in [-0.2, 0) is 15.7 Å². The second-order valence-electron chi connectivity index (χ2n) is 5.72. The Morgan fingerprint density at radius 1 is 1.32 bits per heavy atom. The van der Waals surface area contributed by atoms with Crippen LogP contribution in [0.1, 0.15) is 34.3 Å². The van der Waals surface area contributed by atoms with E-state index in [1.54, 1.807) is 0 Å². The Kier molecular flexibility index (Phi) is 5.71. The average Bonchev–Trinajstić information content (AvgIpc) is 2.92. The van der Waals surface area contributed by atoms with E-state index in [0.717, 1.165) is 19.1 Å². The standard InChI is InChI=1S/C16H14F3N3O6/c1-7-13(8(2)28-21-7)15(24)27-9(3)14(23)20-12-5-4-10(22(25)26)6-11(12)16(17,18)19/h4-6,9H,1-3H3,(H,20,23)/t9-/m1/s1. The minimum Gasteiger partial charge on any atom is -0.449 e. The molecule has 1 N–H and O–H groups in total. The number of rotatable bonds is 5. The first-order valence-electron chi connectivity index (χ1n) is 7.72. The van der Waals surface area contributed by atoms with Gasteiger partial charge in [0.2, 0.25) is 0 Å². The van der Waals surface area contributed by atoms with Crippen molar-refractivity contribution >= 4 is 23.3 Å². The van der Waals surface area contributed by atoms with Crippen LogP contribution in [0.2, 0.25) is 0 Å². The van der Waals surface area contributed by atoms with Crippen molar-refractivity contribution in [3.8, 4) is 0 Å². The smallest absolute Gasteiger partial charge is 0.418 e. The molecular weight excluding hydrogens is 387 g/mol. The summed E-state index contributed by atoms with van der Waals surface area (Å²) in [6, 6.07) is 1.86. The zero-order valence-corrected chi connectivity index (χ0v) is 14.8. The molecule has 0 saturated heterocycles. The monoisotopic (exact) mass is 401 g/mol. The number of aromatic nitrogens is 1. The molecule has 150 valence electrons. The third kappa shape index (κ3) is 4.45. The number of hydrogen-bond acceptors (Lipinski definition) is 7. The molecule has 2 rings (SSSR count). The van der Waals surface area contributed by atoms with Crippen molar-refractivity contribution in [2.45, 2.75) is 33.1 Å². The number of non-ortho nitro benzene ring substituents is 1. The topological polar surface area (TPSA) is 125 Å². The lowest BCUT2D eigenvalue weighted by Gasteiger charge is -2.16. The van der Waals surface area contributed by atoms with Gasteiger partial charge >= 0.3 is 12.1 Å². The van der Waals surface area contributed by atoms with Gasteiger partial charge < -0.3 is 14.6 Å². The van der Waals surface area contributed by atoms with E-state index >= 15 is 0 Å². The van der Waals surface area contributed by atoms with E-state index in [0.29, 0.717) is 6.07 Å². The van der Waals surface area contributed by atoms with Gasteiger partial charge in [0.25, 0.3) is 11.6 Å². The zero-order chi connectivity index (χ0) is 21.2. The molecule has 0 aliphatic rings. The lowest BCUT2D eigenvalue weighted by molar-refractivity contribution is -0.385. The number of hydrogen-bond donors (Lipinski definition) is 1. The largest absolute Gasteiger partial charge is 0.449 e. The highest BCUT2D eigenvalue weighted by molar-refractivity contribution is 5.98. The van der Waals surface area contributed by atoms with Gasteiger partial charge in [0.05, 0.1) is 21.9 Å². The van der Waals surface area contributed by atoms with Crippen LogP contribution in [0.25, 0.3) is 0 Å². The maximum absolute atomic E-state index is 13.2. The first-order valence-corrected chi connectivity index (χ1v) is 7.72. The number of nitrogens with zero attached hydrogens (tertiary/aromatic N) is 2. The molecule has 0 saturated carbocycles. The molecule has 0 spiro atoms. The van der Waals surface area contributed by atoms with Crippen LogP contribution in [0.4, 0.5) is 24.5 Å². The molecule has 1 aromatic heterocycles. The number of amides is 1. The van der Waals surface area contributed by atoms with Gasteiger partial charge in [-0.05, 0) is 26.8 Å². The summed E-state index contributed by atoms with van der Waals surface area (Å²) >= 11 is 0. The van der Waals surface area contributed by atoms with Gasteiger partial charge in [0, 0.05) is 12.1 Å². The number of alkyl halides is 3. The predicted octanol–water partition coefficient (Wildman–Crippen LogP) is 3.40. The second kappa shape index (κ2) is 7.66. The number of anilines is 1. The SMILES string of the molecule is Cc1noc(C)c1C(=O)O[C@H](C)C(=O)Nc1ccc([N+](=O)[O-])cc1C(F)(F)F. The third-order valence-corrected chi connectivity index (χ3v) is 3.67. The zero-order valence-electron chi connectivity index (χ0n) is 14.8. The number of nitrogens with one attached hydrogen (secondary N) is 1. The van der Waals surface area contributed by atoms with Crippen LogP contribution in [0, 0.1) is 24.0 Å². The number of carbonyl (C=O) groups is 2. The molecule has 0 aliphatic heterocycles. The van der Waals surface area contributed by atoms with Crippen LogP contribution in [-0.4, -0.2) is 28.1 Å². The van der Waals surface area contributed by atoms with Gasteiger partial charge in [-0.1, -0.05) is 5.16 Å². The van der Waals surface area contributed by atoms with Crippen molar-refractivity contribution in [2.75, 3.05) is 5.32 Å². The highest BCUT2D eigenvalue weighted by atomic mass is 19.4. The number of ether oxygens (including phenoxy) is 1. The first kappa shape index (κ1) is 20.9. The predicted molar refractivity (Wildman–Crippen MR) is 87.6 cm³/mol. The van der Waals surface area contributed by atoms with E-state index < -0.39 is 46.0 Å². The van der Waals surface area contributed by atoms with E-state index in [-0.39, 0.29) is 17.0 Å². The summed E-state index contributed by atoms with van der Waals surface area (Å²) in [6.45, 7) is 4.09. The molecule has 2 aromatic rings. The Morgan fingerprint density at radius 3 is 2.46 bits per heavy atom. The van der Waals surface area contributed by atoms with Gasteiger partial charge in [-0.3, -0.25) is 14.9 Å². The quantitative estimate of drug-likeness (QED) is 0.462. The second-order valence-corrected chi connectivity index (χ2v) is 5.72. The van der Waals surface area contributed by atoms with Crippen molar-refractivity contribution in [1.29, 1.82) is 0 Å². The Labute approximate surface area is 155 Å². The van der Waals surface area contributed by atoms with Gasteiger partial charge in [-0.25, -0.2) is 4.79 Å². The minimum atomic E-state index is -4.95. The first-order chi connectivity index (χ1) is 12.9. The minimum absolute atomic E-state index is 0.00552. The maximum Gasteiger partial charge on any atom is 0.418 e. The van der Waals surface area contributed by atoms with E-state index in [4.69, 9.17) is 9.26 Å². The molecule has 0 unspecified atom stereocenters. The molecule has 9 nitrogen and oxygen atoms in total. The number of nitro groups is 1. The third-order valence-electron chi connectivity index (χ3n) is 3.67. The number of nitro benzene ring substituents is 1. The Hall–Kier alpha value is -3.44.